The summed E-state index contributed by atoms with van der Waals surface area (Å²) in [6.45, 7) is 7.58. The van der Waals surface area contributed by atoms with Crippen molar-refractivity contribution in [3.05, 3.63) is 22.3 Å². The lowest BCUT2D eigenvalue weighted by Gasteiger charge is -2.19. The van der Waals surface area contributed by atoms with E-state index in [1.807, 2.05) is 39.8 Å². The third-order valence-electron chi connectivity index (χ3n) is 1.87. The van der Waals surface area contributed by atoms with E-state index in [-0.39, 0.29) is 12.5 Å². The summed E-state index contributed by atoms with van der Waals surface area (Å²) in [5, 5.41) is 2.92. The van der Waals surface area contributed by atoms with Crippen LogP contribution in [0.25, 0.3) is 0 Å². The zero-order valence-corrected chi connectivity index (χ0v) is 12.1. The van der Waals surface area contributed by atoms with Gasteiger partial charge in [-0.15, -0.1) is 0 Å². The maximum Gasteiger partial charge on any atom is 0.325 e. The summed E-state index contributed by atoms with van der Waals surface area (Å²) in [6, 6.07) is 3.75. The molecule has 0 aliphatic carbocycles. The molecule has 0 aliphatic rings. The van der Waals surface area contributed by atoms with Crippen molar-refractivity contribution in [2.75, 3.05) is 11.9 Å². The van der Waals surface area contributed by atoms with Gasteiger partial charge in [-0.05, 0) is 55.3 Å². The van der Waals surface area contributed by atoms with Crippen LogP contribution in [0.4, 0.5) is 5.82 Å². The summed E-state index contributed by atoms with van der Waals surface area (Å²) in [5.41, 5.74) is 0.591. The highest BCUT2D eigenvalue weighted by atomic mass is 79.9. The standard InChI is InChI=1S/C12H17BrN2O2/c1-8-5-6-9(15-11(8)13)14-7-10(16)17-12(2,3)4/h5-6H,7H2,1-4H3,(H,14,15). The molecule has 5 heteroatoms. The van der Waals surface area contributed by atoms with Crippen molar-refractivity contribution in [3.63, 3.8) is 0 Å². The summed E-state index contributed by atoms with van der Waals surface area (Å²) in [4.78, 5) is 15.7. The van der Waals surface area contributed by atoms with Crippen LogP contribution < -0.4 is 5.32 Å². The van der Waals surface area contributed by atoms with Gasteiger partial charge in [0.25, 0.3) is 0 Å². The smallest absolute Gasteiger partial charge is 0.325 e. The van der Waals surface area contributed by atoms with Crippen molar-refractivity contribution in [2.45, 2.75) is 33.3 Å². The fraction of sp³-hybridized carbons (Fsp3) is 0.500. The van der Waals surface area contributed by atoms with Crippen LogP contribution in [0.2, 0.25) is 0 Å². The Kier molecular flexibility index (Phi) is 4.51. The molecule has 1 aromatic rings. The molecule has 0 aliphatic heterocycles. The number of hydrogen-bond acceptors (Lipinski definition) is 4. The number of anilines is 1. The van der Waals surface area contributed by atoms with Gasteiger partial charge in [0.2, 0.25) is 0 Å². The minimum atomic E-state index is -0.458. The van der Waals surface area contributed by atoms with Crippen LogP contribution in [0.1, 0.15) is 26.3 Å². The number of ether oxygens (including phenoxy) is 1. The Hall–Kier alpha value is -1.10. The van der Waals surface area contributed by atoms with E-state index in [0.717, 1.165) is 10.2 Å². The van der Waals surface area contributed by atoms with Gasteiger partial charge in [-0.1, -0.05) is 6.07 Å². The molecule has 0 fully saturated rings. The first-order chi connectivity index (χ1) is 7.78. The number of aromatic nitrogens is 1. The first kappa shape index (κ1) is 14.0. The lowest BCUT2D eigenvalue weighted by molar-refractivity contribution is -0.152. The predicted molar refractivity (Wildman–Crippen MR) is 71.0 cm³/mol. The van der Waals surface area contributed by atoms with Crippen molar-refractivity contribution in [1.82, 2.24) is 4.98 Å². The fourth-order valence-electron chi connectivity index (χ4n) is 1.14. The van der Waals surface area contributed by atoms with Crippen LogP contribution in [0, 0.1) is 6.92 Å². The first-order valence-electron chi connectivity index (χ1n) is 5.37. The summed E-state index contributed by atoms with van der Waals surface area (Å²) in [7, 11) is 0. The highest BCUT2D eigenvalue weighted by Crippen LogP contribution is 2.15. The van der Waals surface area contributed by atoms with Gasteiger partial charge in [0.1, 0.15) is 22.6 Å². The minimum Gasteiger partial charge on any atom is -0.459 e. The summed E-state index contributed by atoms with van der Waals surface area (Å²) < 4.78 is 5.94. The van der Waals surface area contributed by atoms with Gasteiger partial charge in [0, 0.05) is 0 Å². The molecule has 0 amide bonds. The van der Waals surface area contributed by atoms with Gasteiger partial charge in [0.05, 0.1) is 0 Å². The van der Waals surface area contributed by atoms with Gasteiger partial charge in [-0.2, -0.15) is 0 Å². The quantitative estimate of drug-likeness (QED) is 0.689. The summed E-state index contributed by atoms with van der Waals surface area (Å²) in [6.07, 6.45) is 0. The lowest BCUT2D eigenvalue weighted by atomic mass is 10.2. The molecule has 94 valence electrons. The van der Waals surface area contributed by atoms with Crippen molar-refractivity contribution in [2.24, 2.45) is 0 Å². The molecule has 0 atom stereocenters. The number of esters is 1. The van der Waals surface area contributed by atoms with Crippen LogP contribution in [-0.4, -0.2) is 23.1 Å². The Balaban J connectivity index is 2.50. The molecule has 1 N–H and O–H groups in total. The lowest BCUT2D eigenvalue weighted by Crippen LogP contribution is -2.28. The highest BCUT2D eigenvalue weighted by Gasteiger charge is 2.15. The Bertz CT molecular complexity index is 413. The molecule has 0 radical (unpaired) electrons. The van der Waals surface area contributed by atoms with Crippen molar-refractivity contribution < 1.29 is 9.53 Å². The third-order valence-corrected chi connectivity index (χ3v) is 2.67. The number of nitrogens with one attached hydrogen (secondary N) is 1. The minimum absolute atomic E-state index is 0.111. The molecule has 1 aromatic heterocycles. The van der Waals surface area contributed by atoms with Crippen LogP contribution in [-0.2, 0) is 9.53 Å². The molecule has 0 aromatic carbocycles. The second-order valence-corrected chi connectivity index (χ2v) is 5.50. The van der Waals surface area contributed by atoms with E-state index in [2.05, 4.69) is 26.2 Å². The molecular weight excluding hydrogens is 284 g/mol. The Morgan fingerprint density at radius 1 is 1.47 bits per heavy atom. The molecule has 4 nitrogen and oxygen atoms in total. The molecule has 0 saturated heterocycles. The van der Waals surface area contributed by atoms with Crippen LogP contribution >= 0.6 is 15.9 Å². The summed E-state index contributed by atoms with van der Waals surface area (Å²) in [5.74, 6) is 0.351. The number of aryl methyl sites for hydroxylation is 1. The average Bonchev–Trinajstić information content (AvgIpc) is 2.17. The fourth-order valence-corrected chi connectivity index (χ4v) is 1.47. The van der Waals surface area contributed by atoms with Gasteiger partial charge in [-0.3, -0.25) is 4.79 Å². The molecular formula is C12H17BrN2O2. The van der Waals surface area contributed by atoms with E-state index in [0.29, 0.717) is 5.82 Å². The number of nitrogens with zero attached hydrogens (tertiary/aromatic N) is 1. The zero-order valence-electron chi connectivity index (χ0n) is 10.5. The number of pyridine rings is 1. The highest BCUT2D eigenvalue weighted by molar-refractivity contribution is 9.10. The SMILES string of the molecule is Cc1ccc(NCC(=O)OC(C)(C)C)nc1Br. The summed E-state index contributed by atoms with van der Waals surface area (Å²) >= 11 is 3.33. The van der Waals surface area contributed by atoms with Crippen LogP contribution in [0.3, 0.4) is 0 Å². The average molecular weight is 301 g/mol. The second-order valence-electron chi connectivity index (χ2n) is 4.74. The Morgan fingerprint density at radius 3 is 2.65 bits per heavy atom. The molecule has 0 unspecified atom stereocenters. The topological polar surface area (TPSA) is 51.2 Å². The van der Waals surface area contributed by atoms with Crippen molar-refractivity contribution in [3.8, 4) is 0 Å². The number of carbonyl (C=O) groups is 1. The number of rotatable bonds is 3. The predicted octanol–water partition coefficient (Wildman–Crippen LogP) is 2.91. The maximum absolute atomic E-state index is 11.5. The van der Waals surface area contributed by atoms with E-state index in [1.165, 1.54) is 0 Å². The van der Waals surface area contributed by atoms with E-state index in [1.54, 1.807) is 0 Å². The molecule has 17 heavy (non-hydrogen) atoms. The third kappa shape index (κ3) is 5.17. The number of carbonyl (C=O) groups excluding carboxylic acids is 1. The van der Waals surface area contributed by atoms with Crippen molar-refractivity contribution in [1.29, 1.82) is 0 Å². The van der Waals surface area contributed by atoms with E-state index in [9.17, 15) is 4.79 Å². The number of hydrogen-bond donors (Lipinski definition) is 1. The zero-order chi connectivity index (χ0) is 13.1. The van der Waals surface area contributed by atoms with Gasteiger partial charge in [-0.25, -0.2) is 4.98 Å². The Morgan fingerprint density at radius 2 is 2.12 bits per heavy atom. The van der Waals surface area contributed by atoms with Crippen LogP contribution in [0.5, 0.6) is 0 Å². The van der Waals surface area contributed by atoms with Gasteiger partial charge in [0.15, 0.2) is 0 Å². The Labute approximate surface area is 110 Å². The van der Waals surface area contributed by atoms with Crippen molar-refractivity contribution >= 4 is 27.7 Å². The maximum atomic E-state index is 11.5. The second kappa shape index (κ2) is 5.49. The van der Waals surface area contributed by atoms with Gasteiger partial charge < -0.3 is 10.1 Å². The van der Waals surface area contributed by atoms with Gasteiger partial charge >= 0.3 is 5.97 Å². The monoisotopic (exact) mass is 300 g/mol. The molecule has 0 bridgehead atoms. The molecule has 0 spiro atoms. The molecule has 1 heterocycles. The molecule has 0 saturated carbocycles. The first-order valence-corrected chi connectivity index (χ1v) is 6.16. The number of halogens is 1. The largest absolute Gasteiger partial charge is 0.459 e. The van der Waals surface area contributed by atoms with E-state index < -0.39 is 5.60 Å². The van der Waals surface area contributed by atoms with Crippen LogP contribution in [0.15, 0.2) is 16.7 Å². The van der Waals surface area contributed by atoms with E-state index >= 15 is 0 Å². The normalized spacial score (nSPS) is 11.1. The molecule has 1 rings (SSSR count). The van der Waals surface area contributed by atoms with E-state index in [4.69, 9.17) is 4.74 Å².